The summed E-state index contributed by atoms with van der Waals surface area (Å²) in [7, 11) is 5.58. The Hall–Kier alpha value is -1.18. The van der Waals surface area contributed by atoms with Gasteiger partial charge in [0.25, 0.3) is 0 Å². The van der Waals surface area contributed by atoms with E-state index in [0.717, 1.165) is 0 Å². The number of carboxylic acid groups (broad SMARTS) is 1. The summed E-state index contributed by atoms with van der Waals surface area (Å²) in [5.41, 5.74) is 5.43. The summed E-state index contributed by atoms with van der Waals surface area (Å²) < 4.78 is 5.49. The molecule has 106 valence electrons. The van der Waals surface area contributed by atoms with Crippen molar-refractivity contribution in [3.05, 3.63) is 0 Å². The lowest BCUT2D eigenvalue weighted by molar-refractivity contribution is -0.873. The summed E-state index contributed by atoms with van der Waals surface area (Å²) in [6.45, 7) is 1.72. The van der Waals surface area contributed by atoms with Crippen molar-refractivity contribution in [2.24, 2.45) is 5.73 Å². The molecule has 0 saturated heterocycles. The Morgan fingerprint density at radius 2 is 1.83 bits per heavy atom. The molecule has 0 bridgehead atoms. The molecule has 7 nitrogen and oxygen atoms in total. The number of ether oxygens (including phenoxy) is 1. The lowest BCUT2D eigenvalue weighted by Crippen LogP contribution is -2.47. The third kappa shape index (κ3) is 7.21. The van der Waals surface area contributed by atoms with E-state index in [2.05, 4.69) is 0 Å². The topological polar surface area (TPSA) is 110 Å². The van der Waals surface area contributed by atoms with Gasteiger partial charge < -0.3 is 25.2 Å². The maximum absolute atomic E-state index is 11.6. The SMILES string of the molecule is C[C@@H](O)[C@H](N)C(=O)O[C@H](CC(=O)O)C[N+](C)(C)C. The highest BCUT2D eigenvalue weighted by molar-refractivity contribution is 5.77. The second-order valence-electron chi connectivity index (χ2n) is 5.40. The number of aliphatic carboxylic acids is 1. The number of carbonyl (C=O) groups is 2. The van der Waals surface area contributed by atoms with Crippen LogP contribution < -0.4 is 5.73 Å². The summed E-state index contributed by atoms with van der Waals surface area (Å²) in [6, 6.07) is -1.16. The fraction of sp³-hybridized carbons (Fsp3) is 0.818. The van der Waals surface area contributed by atoms with Crippen molar-refractivity contribution in [2.75, 3.05) is 27.7 Å². The predicted octanol–water partition coefficient (Wildman–Crippen LogP) is -1.21. The Labute approximate surface area is 107 Å². The van der Waals surface area contributed by atoms with Crippen molar-refractivity contribution in [1.29, 1.82) is 0 Å². The number of rotatable bonds is 7. The van der Waals surface area contributed by atoms with Crippen LogP contribution in [0.2, 0.25) is 0 Å². The van der Waals surface area contributed by atoms with Crippen molar-refractivity contribution >= 4 is 11.9 Å². The molecule has 0 rings (SSSR count). The highest BCUT2D eigenvalue weighted by Crippen LogP contribution is 2.07. The Morgan fingerprint density at radius 1 is 1.33 bits per heavy atom. The number of carbonyl (C=O) groups excluding carboxylic acids is 1. The largest absolute Gasteiger partial charge is 0.481 e. The minimum Gasteiger partial charge on any atom is -0.481 e. The van der Waals surface area contributed by atoms with Crippen molar-refractivity contribution in [3.8, 4) is 0 Å². The maximum atomic E-state index is 11.6. The molecule has 4 N–H and O–H groups in total. The molecule has 0 spiro atoms. The number of hydrogen-bond acceptors (Lipinski definition) is 5. The zero-order valence-electron chi connectivity index (χ0n) is 11.3. The van der Waals surface area contributed by atoms with Gasteiger partial charge in [-0.25, -0.2) is 0 Å². The van der Waals surface area contributed by atoms with E-state index in [9.17, 15) is 14.7 Å². The molecule has 18 heavy (non-hydrogen) atoms. The molecule has 0 saturated carbocycles. The van der Waals surface area contributed by atoms with Crippen molar-refractivity contribution in [1.82, 2.24) is 0 Å². The van der Waals surface area contributed by atoms with Gasteiger partial charge in [0.1, 0.15) is 12.6 Å². The Balaban J connectivity index is 4.59. The first-order valence-corrected chi connectivity index (χ1v) is 5.69. The molecule has 0 aliphatic heterocycles. The van der Waals surface area contributed by atoms with E-state index in [1.807, 2.05) is 21.1 Å². The number of nitrogens with zero attached hydrogens (tertiary/aromatic N) is 1. The van der Waals surface area contributed by atoms with Gasteiger partial charge in [0, 0.05) is 0 Å². The van der Waals surface area contributed by atoms with Gasteiger partial charge in [-0.1, -0.05) is 0 Å². The van der Waals surface area contributed by atoms with E-state index in [4.69, 9.17) is 15.6 Å². The first-order valence-electron chi connectivity index (χ1n) is 5.69. The lowest BCUT2D eigenvalue weighted by atomic mass is 10.2. The molecule has 0 fully saturated rings. The standard InChI is InChI=1S/C11H22N2O5/c1-7(14)10(12)11(17)18-8(5-9(15)16)6-13(2,3)4/h7-8,10,14H,5-6,12H2,1-4H3/p+1/t7-,8-,10+/m1/s1. The smallest absolute Gasteiger partial charge is 0.326 e. The van der Waals surface area contributed by atoms with E-state index in [1.54, 1.807) is 0 Å². The number of likely N-dealkylation sites (N-methyl/N-ethyl adjacent to an activating group) is 1. The van der Waals surface area contributed by atoms with Crippen LogP contribution in [0.15, 0.2) is 0 Å². The number of carboxylic acids is 1. The minimum absolute atomic E-state index is 0.284. The van der Waals surface area contributed by atoms with E-state index >= 15 is 0 Å². The van der Waals surface area contributed by atoms with Crippen LogP contribution in [0.3, 0.4) is 0 Å². The Bertz CT molecular complexity index is 298. The molecular weight excluding hydrogens is 240 g/mol. The fourth-order valence-corrected chi connectivity index (χ4v) is 1.39. The molecule has 0 radical (unpaired) electrons. The van der Waals surface area contributed by atoms with Gasteiger partial charge in [-0.3, -0.25) is 9.59 Å². The van der Waals surface area contributed by atoms with Crippen LogP contribution in [0.5, 0.6) is 0 Å². The molecule has 3 atom stereocenters. The third-order valence-corrected chi connectivity index (χ3v) is 2.23. The molecule has 0 amide bonds. The van der Waals surface area contributed by atoms with Gasteiger partial charge >= 0.3 is 11.9 Å². The number of hydrogen-bond donors (Lipinski definition) is 3. The molecule has 0 aliphatic carbocycles. The number of esters is 1. The second-order valence-corrected chi connectivity index (χ2v) is 5.40. The fourth-order valence-electron chi connectivity index (χ4n) is 1.39. The van der Waals surface area contributed by atoms with Crippen LogP contribution in [0.1, 0.15) is 13.3 Å². The highest BCUT2D eigenvalue weighted by atomic mass is 16.5. The second kappa shape index (κ2) is 6.67. The monoisotopic (exact) mass is 263 g/mol. The third-order valence-electron chi connectivity index (χ3n) is 2.23. The Kier molecular flexibility index (Phi) is 6.23. The van der Waals surface area contributed by atoms with E-state index in [1.165, 1.54) is 6.92 Å². The van der Waals surface area contributed by atoms with Gasteiger partial charge in [0.2, 0.25) is 0 Å². The molecule has 0 aromatic rings. The number of quaternary nitrogens is 1. The maximum Gasteiger partial charge on any atom is 0.326 e. The van der Waals surface area contributed by atoms with Gasteiger partial charge in [-0.15, -0.1) is 0 Å². The minimum atomic E-state index is -1.16. The first kappa shape index (κ1) is 16.8. The number of aliphatic hydroxyl groups excluding tert-OH is 1. The lowest BCUT2D eigenvalue weighted by Gasteiger charge is -2.29. The van der Waals surface area contributed by atoms with Crippen molar-refractivity contribution in [2.45, 2.75) is 31.6 Å². The number of nitrogens with two attached hydrogens (primary N) is 1. The Morgan fingerprint density at radius 3 is 2.17 bits per heavy atom. The average molecular weight is 263 g/mol. The van der Waals surface area contributed by atoms with Crippen LogP contribution in [0.4, 0.5) is 0 Å². The number of aliphatic hydroxyl groups is 1. The average Bonchev–Trinajstić information content (AvgIpc) is 2.11. The van der Waals surface area contributed by atoms with E-state index in [-0.39, 0.29) is 6.42 Å². The summed E-state index contributed by atoms with van der Waals surface area (Å²) >= 11 is 0. The quantitative estimate of drug-likeness (QED) is 0.392. The van der Waals surface area contributed by atoms with Gasteiger partial charge in [-0.2, -0.15) is 0 Å². The summed E-state index contributed by atoms with van der Waals surface area (Å²) in [6.07, 6.45) is -2.08. The highest BCUT2D eigenvalue weighted by Gasteiger charge is 2.28. The van der Waals surface area contributed by atoms with Crippen molar-refractivity contribution in [3.63, 3.8) is 0 Å². The normalized spacial score (nSPS) is 16.8. The van der Waals surface area contributed by atoms with Gasteiger partial charge in [0.15, 0.2) is 6.10 Å². The van der Waals surface area contributed by atoms with Crippen LogP contribution in [0, 0.1) is 0 Å². The molecule has 0 aromatic heterocycles. The van der Waals surface area contributed by atoms with Crippen LogP contribution >= 0.6 is 0 Å². The molecule has 7 heteroatoms. The van der Waals surface area contributed by atoms with Crippen LogP contribution in [-0.2, 0) is 14.3 Å². The first-order chi connectivity index (χ1) is 8.03. The van der Waals surface area contributed by atoms with E-state index < -0.39 is 30.2 Å². The molecule has 0 aromatic carbocycles. The predicted molar refractivity (Wildman–Crippen MR) is 64.7 cm³/mol. The molecule has 0 unspecified atom stereocenters. The zero-order valence-corrected chi connectivity index (χ0v) is 11.3. The summed E-state index contributed by atoms with van der Waals surface area (Å²) in [5, 5.41) is 17.9. The summed E-state index contributed by atoms with van der Waals surface area (Å²) in [5.74, 6) is -1.84. The molecule has 0 heterocycles. The summed E-state index contributed by atoms with van der Waals surface area (Å²) in [4.78, 5) is 22.3. The van der Waals surface area contributed by atoms with Gasteiger partial charge in [0.05, 0.1) is 33.7 Å². The zero-order chi connectivity index (χ0) is 14.5. The van der Waals surface area contributed by atoms with E-state index in [0.29, 0.717) is 11.0 Å². The van der Waals surface area contributed by atoms with Crippen molar-refractivity contribution < 1.29 is 29.0 Å². The molecular formula is C11H23N2O5+. The van der Waals surface area contributed by atoms with Crippen LogP contribution in [0.25, 0.3) is 0 Å². The molecule has 0 aliphatic rings. The van der Waals surface area contributed by atoms with Gasteiger partial charge in [-0.05, 0) is 6.92 Å². The van der Waals surface area contributed by atoms with Crippen LogP contribution in [-0.4, -0.2) is 72.6 Å².